The minimum Gasteiger partial charge on any atom is -0.496 e. The average molecular weight is 485 g/mol. The number of carbonyl (C=O) groups excluding carboxylic acids is 1. The standard InChI is InChI=1S/C23H22Cl2N6O2/c1-11-16(24)8-15(12(2)31-22-19-21(28-9-27-19)29-10-30-22)20(33-4)18(11)13-5-6-14(17(25)7-13)23(32)26-3/h5-10,12H,1-4H3,(H,26,32)(H2,27,28,29,30,31). The number of nitrogens with one attached hydrogen (secondary N) is 3. The number of ether oxygens (including phenoxy) is 1. The van der Waals surface area contributed by atoms with Crippen LogP contribution in [0, 0.1) is 6.92 Å². The Morgan fingerprint density at radius 2 is 1.94 bits per heavy atom. The summed E-state index contributed by atoms with van der Waals surface area (Å²) in [7, 11) is 3.17. The second kappa shape index (κ2) is 9.25. The summed E-state index contributed by atoms with van der Waals surface area (Å²) in [5, 5.41) is 6.89. The van der Waals surface area contributed by atoms with Crippen LogP contribution in [-0.2, 0) is 0 Å². The largest absolute Gasteiger partial charge is 0.496 e. The molecule has 1 amide bonds. The number of H-pyrrole nitrogens is 1. The fraction of sp³-hybridized carbons (Fsp3) is 0.217. The van der Waals surface area contributed by atoms with Crippen LogP contribution < -0.4 is 15.4 Å². The van der Waals surface area contributed by atoms with E-state index >= 15 is 0 Å². The molecule has 0 aliphatic carbocycles. The van der Waals surface area contributed by atoms with Crippen molar-refractivity contribution in [2.75, 3.05) is 19.5 Å². The number of imidazole rings is 1. The number of aromatic amines is 1. The van der Waals surface area contributed by atoms with Crippen molar-refractivity contribution in [3.05, 3.63) is 63.7 Å². The molecule has 0 bridgehead atoms. The molecular weight excluding hydrogens is 463 g/mol. The first-order chi connectivity index (χ1) is 15.8. The zero-order valence-corrected chi connectivity index (χ0v) is 20.0. The van der Waals surface area contributed by atoms with E-state index in [1.54, 1.807) is 32.6 Å². The van der Waals surface area contributed by atoms with Crippen LogP contribution in [0.25, 0.3) is 22.3 Å². The molecule has 8 nitrogen and oxygen atoms in total. The summed E-state index contributed by atoms with van der Waals surface area (Å²) in [5.74, 6) is 1.01. The van der Waals surface area contributed by atoms with Gasteiger partial charge in [0.2, 0.25) is 0 Å². The van der Waals surface area contributed by atoms with E-state index in [1.165, 1.54) is 6.33 Å². The first-order valence-electron chi connectivity index (χ1n) is 10.1. The lowest BCUT2D eigenvalue weighted by Crippen LogP contribution is -2.18. The second-order valence-corrected chi connectivity index (χ2v) is 8.26. The molecule has 1 atom stereocenters. The van der Waals surface area contributed by atoms with E-state index in [4.69, 9.17) is 27.9 Å². The molecule has 4 rings (SSSR count). The fourth-order valence-electron chi connectivity index (χ4n) is 3.78. The first-order valence-corrected chi connectivity index (χ1v) is 10.9. The predicted molar refractivity (Wildman–Crippen MR) is 130 cm³/mol. The molecule has 33 heavy (non-hydrogen) atoms. The lowest BCUT2D eigenvalue weighted by Gasteiger charge is -2.23. The summed E-state index contributed by atoms with van der Waals surface area (Å²) >= 11 is 13.1. The van der Waals surface area contributed by atoms with Crippen molar-refractivity contribution in [2.24, 2.45) is 0 Å². The summed E-state index contributed by atoms with van der Waals surface area (Å²) in [5.41, 5.74) is 4.93. The number of hydrogen-bond donors (Lipinski definition) is 3. The highest BCUT2D eigenvalue weighted by Gasteiger charge is 2.23. The Labute approximate surface area is 200 Å². The molecule has 0 spiro atoms. The highest BCUT2D eigenvalue weighted by Crippen LogP contribution is 2.43. The van der Waals surface area contributed by atoms with Gasteiger partial charge in [0.15, 0.2) is 11.5 Å². The maximum atomic E-state index is 12.0. The van der Waals surface area contributed by atoms with E-state index in [-0.39, 0.29) is 11.9 Å². The quantitative estimate of drug-likeness (QED) is 0.348. The summed E-state index contributed by atoms with van der Waals surface area (Å²) < 4.78 is 5.86. The van der Waals surface area contributed by atoms with Crippen molar-refractivity contribution < 1.29 is 9.53 Å². The number of rotatable bonds is 6. The first kappa shape index (κ1) is 22.8. The SMILES string of the molecule is CNC(=O)c1ccc(-c2c(C)c(Cl)cc(C(C)Nc3ncnc4nc[nH]c34)c2OC)cc1Cl. The molecule has 10 heteroatoms. The Kier molecular flexibility index (Phi) is 6.40. The number of anilines is 1. The van der Waals surface area contributed by atoms with Crippen molar-refractivity contribution in [3.63, 3.8) is 0 Å². The number of methoxy groups -OCH3 is 1. The molecule has 0 saturated carbocycles. The Hall–Kier alpha value is -3.36. The number of hydrogen-bond acceptors (Lipinski definition) is 6. The number of carbonyl (C=O) groups is 1. The van der Waals surface area contributed by atoms with E-state index in [9.17, 15) is 4.79 Å². The second-order valence-electron chi connectivity index (χ2n) is 7.44. The van der Waals surface area contributed by atoms with Crippen molar-refractivity contribution >= 4 is 46.1 Å². The van der Waals surface area contributed by atoms with Gasteiger partial charge in [-0.1, -0.05) is 29.3 Å². The smallest absolute Gasteiger partial charge is 0.252 e. The zero-order chi connectivity index (χ0) is 23.7. The van der Waals surface area contributed by atoms with Gasteiger partial charge in [-0.25, -0.2) is 15.0 Å². The molecule has 2 heterocycles. The van der Waals surface area contributed by atoms with Crippen LogP contribution >= 0.6 is 23.2 Å². The molecule has 0 fully saturated rings. The summed E-state index contributed by atoms with van der Waals surface area (Å²) in [6, 6.07) is 6.92. The Balaban J connectivity index is 1.80. The molecule has 0 saturated heterocycles. The molecule has 2 aromatic heterocycles. The zero-order valence-electron chi connectivity index (χ0n) is 18.5. The van der Waals surface area contributed by atoms with Gasteiger partial charge in [0, 0.05) is 23.2 Å². The minimum atomic E-state index is -0.255. The minimum absolute atomic E-state index is 0.223. The van der Waals surface area contributed by atoms with Crippen molar-refractivity contribution in [2.45, 2.75) is 19.9 Å². The lowest BCUT2D eigenvalue weighted by molar-refractivity contribution is 0.0963. The Morgan fingerprint density at radius 3 is 2.64 bits per heavy atom. The maximum absolute atomic E-state index is 12.0. The normalized spacial score (nSPS) is 11.9. The van der Waals surface area contributed by atoms with Crippen molar-refractivity contribution in [1.82, 2.24) is 25.3 Å². The van der Waals surface area contributed by atoms with Gasteiger partial charge in [-0.3, -0.25) is 4.79 Å². The van der Waals surface area contributed by atoms with Crippen molar-refractivity contribution in [1.29, 1.82) is 0 Å². The third-order valence-corrected chi connectivity index (χ3v) is 6.19. The van der Waals surface area contributed by atoms with Gasteiger partial charge in [-0.2, -0.15) is 0 Å². The van der Waals surface area contributed by atoms with Gasteiger partial charge in [0.1, 0.15) is 17.6 Å². The number of nitrogens with zero attached hydrogens (tertiary/aromatic N) is 3. The molecule has 170 valence electrons. The number of fused-ring (bicyclic) bond motifs is 1. The van der Waals surface area contributed by atoms with Crippen molar-refractivity contribution in [3.8, 4) is 16.9 Å². The van der Waals surface area contributed by atoms with E-state index < -0.39 is 0 Å². The van der Waals surface area contributed by atoms with Crippen LogP contribution in [-0.4, -0.2) is 40.0 Å². The third-order valence-electron chi connectivity index (χ3n) is 5.48. The van der Waals surface area contributed by atoms with Gasteiger partial charge in [0.05, 0.1) is 30.1 Å². The van der Waals surface area contributed by atoms with Crippen LogP contribution in [0.5, 0.6) is 5.75 Å². The van der Waals surface area contributed by atoms with Gasteiger partial charge in [-0.15, -0.1) is 0 Å². The van der Waals surface area contributed by atoms with E-state index in [2.05, 4.69) is 30.6 Å². The number of benzene rings is 2. The lowest BCUT2D eigenvalue weighted by atomic mass is 9.93. The molecule has 0 aliphatic heterocycles. The topological polar surface area (TPSA) is 105 Å². The van der Waals surface area contributed by atoms with Crippen LogP contribution in [0.4, 0.5) is 5.82 Å². The molecule has 0 radical (unpaired) electrons. The van der Waals surface area contributed by atoms with Crippen LogP contribution in [0.3, 0.4) is 0 Å². The molecule has 3 N–H and O–H groups in total. The fourth-order valence-corrected chi connectivity index (χ4v) is 4.26. The highest BCUT2D eigenvalue weighted by molar-refractivity contribution is 6.34. The van der Waals surface area contributed by atoms with Crippen LogP contribution in [0.2, 0.25) is 10.0 Å². The van der Waals surface area contributed by atoms with Gasteiger partial charge in [0.25, 0.3) is 5.91 Å². The molecule has 1 unspecified atom stereocenters. The summed E-state index contributed by atoms with van der Waals surface area (Å²) in [4.78, 5) is 27.8. The maximum Gasteiger partial charge on any atom is 0.252 e. The average Bonchev–Trinajstić information content (AvgIpc) is 3.29. The van der Waals surface area contributed by atoms with E-state index in [1.807, 2.05) is 26.0 Å². The van der Waals surface area contributed by atoms with Gasteiger partial charge >= 0.3 is 0 Å². The number of amides is 1. The van der Waals surface area contributed by atoms with Gasteiger partial charge < -0.3 is 20.4 Å². The third kappa shape index (κ3) is 4.19. The molecule has 2 aromatic carbocycles. The highest BCUT2D eigenvalue weighted by atomic mass is 35.5. The van der Waals surface area contributed by atoms with Crippen LogP contribution in [0.1, 0.15) is 34.5 Å². The molecular formula is C23H22Cl2N6O2. The van der Waals surface area contributed by atoms with E-state index in [0.29, 0.717) is 38.3 Å². The predicted octanol–water partition coefficient (Wildman–Crippen LogP) is 5.18. The summed E-state index contributed by atoms with van der Waals surface area (Å²) in [6.45, 7) is 3.90. The monoisotopic (exact) mass is 484 g/mol. The Morgan fingerprint density at radius 1 is 1.15 bits per heavy atom. The number of halogens is 2. The molecule has 0 aliphatic rings. The van der Waals surface area contributed by atoms with Gasteiger partial charge in [-0.05, 0) is 43.2 Å². The summed E-state index contributed by atoms with van der Waals surface area (Å²) in [6.07, 6.45) is 3.03. The van der Waals surface area contributed by atoms with E-state index in [0.717, 1.165) is 22.3 Å². The van der Waals surface area contributed by atoms with Crippen LogP contribution in [0.15, 0.2) is 36.9 Å². The molecule has 4 aromatic rings. The Bertz CT molecular complexity index is 1350. The number of aromatic nitrogens is 4.